The van der Waals surface area contributed by atoms with Gasteiger partial charge >= 0.3 is 5.97 Å². The zero-order valence-electron chi connectivity index (χ0n) is 11.9. The molecule has 0 spiro atoms. The zero-order valence-corrected chi connectivity index (χ0v) is 11.9. The van der Waals surface area contributed by atoms with Crippen LogP contribution in [0.5, 0.6) is 5.75 Å². The molecule has 0 aromatic heterocycles. The SMILES string of the molecule is CC1(C)CC(=O)N(C(Cc2ccc(O)cc2)C(=O)O)C1=O. The van der Waals surface area contributed by atoms with Crippen LogP contribution < -0.4 is 0 Å². The molecule has 1 saturated heterocycles. The van der Waals surface area contributed by atoms with E-state index in [1.54, 1.807) is 26.0 Å². The van der Waals surface area contributed by atoms with Gasteiger partial charge in [0.15, 0.2) is 0 Å². The number of nitrogens with zero attached hydrogens (tertiary/aromatic N) is 1. The molecule has 1 aliphatic rings. The van der Waals surface area contributed by atoms with Crippen molar-refractivity contribution in [3.8, 4) is 5.75 Å². The lowest BCUT2D eigenvalue weighted by molar-refractivity contribution is -0.155. The number of likely N-dealkylation sites (tertiary alicyclic amines) is 1. The van der Waals surface area contributed by atoms with E-state index in [-0.39, 0.29) is 18.6 Å². The average Bonchev–Trinajstić information content (AvgIpc) is 2.58. The Labute approximate surface area is 122 Å². The second-order valence-electron chi connectivity index (χ2n) is 5.85. The lowest BCUT2D eigenvalue weighted by Gasteiger charge is -2.24. The number of rotatable bonds is 4. The Morgan fingerprint density at radius 1 is 1.29 bits per heavy atom. The van der Waals surface area contributed by atoms with E-state index in [0.717, 1.165) is 4.90 Å². The third-order valence-corrected chi connectivity index (χ3v) is 3.62. The van der Waals surface area contributed by atoms with Gasteiger partial charge in [-0.15, -0.1) is 0 Å². The summed E-state index contributed by atoms with van der Waals surface area (Å²) in [6.45, 7) is 3.26. The van der Waals surface area contributed by atoms with Crippen molar-refractivity contribution in [1.29, 1.82) is 0 Å². The summed E-state index contributed by atoms with van der Waals surface area (Å²) in [7, 11) is 0. The Hall–Kier alpha value is -2.37. The molecular formula is C15H17NO5. The Kier molecular flexibility index (Phi) is 3.72. The molecule has 1 aliphatic heterocycles. The highest BCUT2D eigenvalue weighted by atomic mass is 16.4. The lowest BCUT2D eigenvalue weighted by atomic mass is 9.92. The van der Waals surface area contributed by atoms with E-state index < -0.39 is 29.2 Å². The van der Waals surface area contributed by atoms with Gasteiger partial charge in [-0.25, -0.2) is 4.79 Å². The molecule has 1 atom stereocenters. The first-order valence-electron chi connectivity index (χ1n) is 6.59. The van der Waals surface area contributed by atoms with Gasteiger partial charge in [0.05, 0.1) is 5.41 Å². The van der Waals surface area contributed by atoms with Gasteiger partial charge < -0.3 is 10.2 Å². The Balaban J connectivity index is 2.28. The molecule has 2 amide bonds. The van der Waals surface area contributed by atoms with Crippen molar-refractivity contribution in [3.63, 3.8) is 0 Å². The molecule has 6 heteroatoms. The summed E-state index contributed by atoms with van der Waals surface area (Å²) in [5.41, 5.74) is -0.231. The van der Waals surface area contributed by atoms with Gasteiger partial charge in [0.1, 0.15) is 11.8 Å². The zero-order chi connectivity index (χ0) is 15.8. The predicted octanol–water partition coefficient (Wildman–Crippen LogP) is 1.17. The molecule has 0 aliphatic carbocycles. The van der Waals surface area contributed by atoms with E-state index in [2.05, 4.69) is 0 Å². The molecule has 6 nitrogen and oxygen atoms in total. The Morgan fingerprint density at radius 3 is 2.29 bits per heavy atom. The smallest absolute Gasteiger partial charge is 0.327 e. The average molecular weight is 291 g/mol. The van der Waals surface area contributed by atoms with Crippen LogP contribution in [0.2, 0.25) is 0 Å². The first-order chi connectivity index (χ1) is 9.72. The third kappa shape index (κ3) is 2.89. The topological polar surface area (TPSA) is 94.9 Å². The van der Waals surface area contributed by atoms with Gasteiger partial charge in [0.2, 0.25) is 11.8 Å². The quantitative estimate of drug-likeness (QED) is 0.812. The molecular weight excluding hydrogens is 274 g/mol. The number of hydrogen-bond acceptors (Lipinski definition) is 4. The molecule has 1 unspecified atom stereocenters. The second-order valence-corrected chi connectivity index (χ2v) is 5.85. The fraction of sp³-hybridized carbons (Fsp3) is 0.400. The summed E-state index contributed by atoms with van der Waals surface area (Å²) < 4.78 is 0. The summed E-state index contributed by atoms with van der Waals surface area (Å²) in [5.74, 6) is -2.07. The molecule has 0 radical (unpaired) electrons. The molecule has 1 heterocycles. The van der Waals surface area contributed by atoms with Gasteiger partial charge in [-0.2, -0.15) is 0 Å². The number of aliphatic carboxylic acids is 1. The maximum atomic E-state index is 12.2. The van der Waals surface area contributed by atoms with Crippen LogP contribution in [0.1, 0.15) is 25.8 Å². The Morgan fingerprint density at radius 2 is 1.86 bits per heavy atom. The van der Waals surface area contributed by atoms with Crippen LogP contribution in [-0.4, -0.2) is 38.9 Å². The van der Waals surface area contributed by atoms with Crippen molar-refractivity contribution < 1.29 is 24.6 Å². The fourth-order valence-electron chi connectivity index (χ4n) is 2.44. The van der Waals surface area contributed by atoms with Crippen molar-refractivity contribution >= 4 is 17.8 Å². The minimum absolute atomic E-state index is 0.0170. The minimum atomic E-state index is -1.23. The van der Waals surface area contributed by atoms with Crippen molar-refractivity contribution in [2.24, 2.45) is 5.41 Å². The first-order valence-corrected chi connectivity index (χ1v) is 6.59. The van der Waals surface area contributed by atoms with Crippen molar-refractivity contribution in [3.05, 3.63) is 29.8 Å². The number of carbonyl (C=O) groups is 3. The standard InChI is InChI=1S/C15H17NO5/c1-15(2)8-12(18)16(14(15)21)11(13(19)20)7-9-3-5-10(17)6-4-9/h3-6,11,17H,7-8H2,1-2H3,(H,19,20). The summed E-state index contributed by atoms with van der Waals surface area (Å²) in [6, 6.07) is 4.79. The van der Waals surface area contributed by atoms with E-state index in [4.69, 9.17) is 0 Å². The number of carboxylic acid groups (broad SMARTS) is 1. The molecule has 0 saturated carbocycles. The van der Waals surface area contributed by atoms with Crippen LogP contribution in [0.25, 0.3) is 0 Å². The highest BCUT2D eigenvalue weighted by Gasteiger charge is 2.49. The van der Waals surface area contributed by atoms with Crippen LogP contribution in [0, 0.1) is 5.41 Å². The van der Waals surface area contributed by atoms with Gasteiger partial charge in [0.25, 0.3) is 0 Å². The largest absolute Gasteiger partial charge is 0.508 e. The van der Waals surface area contributed by atoms with Gasteiger partial charge in [-0.05, 0) is 17.7 Å². The van der Waals surface area contributed by atoms with Gasteiger partial charge in [0, 0.05) is 12.8 Å². The van der Waals surface area contributed by atoms with Crippen LogP contribution in [0.4, 0.5) is 0 Å². The predicted molar refractivity (Wildman–Crippen MR) is 73.5 cm³/mol. The second kappa shape index (κ2) is 5.20. The monoisotopic (exact) mass is 291 g/mol. The summed E-state index contributed by atoms with van der Waals surface area (Å²) in [4.78, 5) is 36.5. The molecule has 2 rings (SSSR count). The summed E-state index contributed by atoms with van der Waals surface area (Å²) in [6.07, 6.45) is 0.0361. The molecule has 1 fully saturated rings. The summed E-state index contributed by atoms with van der Waals surface area (Å²) in [5, 5.41) is 18.6. The van der Waals surface area contributed by atoms with Gasteiger partial charge in [-0.1, -0.05) is 26.0 Å². The number of benzene rings is 1. The molecule has 0 bridgehead atoms. The van der Waals surface area contributed by atoms with E-state index in [1.165, 1.54) is 12.1 Å². The molecule has 1 aromatic rings. The van der Waals surface area contributed by atoms with Crippen LogP contribution in [0.15, 0.2) is 24.3 Å². The van der Waals surface area contributed by atoms with E-state index >= 15 is 0 Å². The number of carboxylic acids is 1. The van der Waals surface area contributed by atoms with E-state index in [0.29, 0.717) is 5.56 Å². The number of hydrogen-bond donors (Lipinski definition) is 2. The number of imide groups is 1. The lowest BCUT2D eigenvalue weighted by Crippen LogP contribution is -2.47. The van der Waals surface area contributed by atoms with E-state index in [9.17, 15) is 24.6 Å². The van der Waals surface area contributed by atoms with Crippen molar-refractivity contribution in [1.82, 2.24) is 4.90 Å². The number of amides is 2. The number of aromatic hydroxyl groups is 1. The number of carbonyl (C=O) groups excluding carboxylic acids is 2. The normalized spacial score (nSPS) is 18.9. The number of phenols is 1. The molecule has 1 aromatic carbocycles. The van der Waals surface area contributed by atoms with Gasteiger partial charge in [-0.3, -0.25) is 14.5 Å². The number of phenolic OH excluding ortho intramolecular Hbond substituents is 1. The highest BCUT2D eigenvalue weighted by Crippen LogP contribution is 2.33. The fourth-order valence-corrected chi connectivity index (χ4v) is 2.44. The van der Waals surface area contributed by atoms with Crippen LogP contribution in [0.3, 0.4) is 0 Å². The first kappa shape index (κ1) is 15.0. The van der Waals surface area contributed by atoms with Crippen LogP contribution in [-0.2, 0) is 20.8 Å². The maximum absolute atomic E-state index is 12.2. The van der Waals surface area contributed by atoms with Crippen molar-refractivity contribution in [2.75, 3.05) is 0 Å². The minimum Gasteiger partial charge on any atom is -0.508 e. The maximum Gasteiger partial charge on any atom is 0.327 e. The third-order valence-electron chi connectivity index (χ3n) is 3.62. The molecule has 21 heavy (non-hydrogen) atoms. The summed E-state index contributed by atoms with van der Waals surface area (Å²) >= 11 is 0. The van der Waals surface area contributed by atoms with Crippen LogP contribution >= 0.6 is 0 Å². The molecule has 2 N–H and O–H groups in total. The Bertz CT molecular complexity index is 591. The molecule has 112 valence electrons. The van der Waals surface area contributed by atoms with Crippen molar-refractivity contribution in [2.45, 2.75) is 32.7 Å². The highest BCUT2D eigenvalue weighted by molar-refractivity contribution is 6.08. The van der Waals surface area contributed by atoms with E-state index in [1.807, 2.05) is 0 Å².